The normalized spacial score (nSPS) is 14.3. The van der Waals surface area contributed by atoms with Crippen molar-refractivity contribution in [2.75, 3.05) is 62.7 Å². The summed E-state index contributed by atoms with van der Waals surface area (Å²) >= 11 is 1.87. The van der Waals surface area contributed by atoms with Crippen LogP contribution in [-0.4, -0.2) is 84.6 Å². The van der Waals surface area contributed by atoms with E-state index in [1.54, 1.807) is 12.4 Å². The van der Waals surface area contributed by atoms with Gasteiger partial charge >= 0.3 is 0 Å². The van der Waals surface area contributed by atoms with Gasteiger partial charge in [-0.3, -0.25) is 9.79 Å². The fourth-order valence-electron chi connectivity index (χ4n) is 2.95. The molecule has 1 aromatic heterocycles. The second-order valence-electron chi connectivity index (χ2n) is 6.55. The lowest BCUT2D eigenvalue weighted by Crippen LogP contribution is -2.50. The smallest absolute Gasteiger partial charge is 0.225 e. The molecule has 0 aromatic carbocycles. The van der Waals surface area contributed by atoms with Crippen molar-refractivity contribution in [3.8, 4) is 0 Å². The van der Waals surface area contributed by atoms with Crippen molar-refractivity contribution in [3.63, 3.8) is 0 Å². The zero-order valence-electron chi connectivity index (χ0n) is 17.5. The van der Waals surface area contributed by atoms with E-state index in [1.165, 1.54) is 12.2 Å². The van der Waals surface area contributed by atoms with Crippen molar-refractivity contribution in [1.29, 1.82) is 0 Å². The fraction of sp³-hybridized carbons (Fsp3) is 0.684. The first-order valence-corrected chi connectivity index (χ1v) is 11.4. The standard InChI is InChI=1S/C19H33N7OS.HI/c1-3-20-18(21-8-4-5-16-28-2)22-11-7-17(27)25-12-14-26(15-13-25)19-23-9-6-10-24-19;/h6,9-10H,3-5,7-8,11-16H2,1-2H3,(H2,20,21,22);1H. The number of piperazine rings is 1. The minimum Gasteiger partial charge on any atom is -0.357 e. The Morgan fingerprint density at radius 1 is 1.17 bits per heavy atom. The number of hydrogen-bond acceptors (Lipinski definition) is 6. The monoisotopic (exact) mass is 535 g/mol. The van der Waals surface area contributed by atoms with Crippen molar-refractivity contribution in [2.24, 2.45) is 4.99 Å². The van der Waals surface area contributed by atoms with Crippen molar-refractivity contribution < 1.29 is 4.79 Å². The maximum Gasteiger partial charge on any atom is 0.225 e. The van der Waals surface area contributed by atoms with Gasteiger partial charge in [-0.15, -0.1) is 24.0 Å². The second kappa shape index (κ2) is 15.5. The van der Waals surface area contributed by atoms with Crippen molar-refractivity contribution in [3.05, 3.63) is 18.5 Å². The van der Waals surface area contributed by atoms with Crippen LogP contribution in [0.2, 0.25) is 0 Å². The second-order valence-corrected chi connectivity index (χ2v) is 7.54. The summed E-state index contributed by atoms with van der Waals surface area (Å²) < 4.78 is 0. The zero-order valence-corrected chi connectivity index (χ0v) is 20.6. The summed E-state index contributed by atoms with van der Waals surface area (Å²) in [7, 11) is 0. The number of aliphatic imine (C=N–C) groups is 1. The fourth-order valence-corrected chi connectivity index (χ4v) is 3.44. The highest BCUT2D eigenvalue weighted by molar-refractivity contribution is 14.0. The van der Waals surface area contributed by atoms with Gasteiger partial charge in [0.2, 0.25) is 11.9 Å². The molecular weight excluding hydrogens is 501 g/mol. The van der Waals surface area contributed by atoms with Gasteiger partial charge in [0, 0.05) is 64.6 Å². The molecule has 0 radical (unpaired) electrons. The summed E-state index contributed by atoms with van der Waals surface area (Å²) in [5.74, 6) is 2.89. The van der Waals surface area contributed by atoms with Crippen LogP contribution in [0.5, 0.6) is 0 Å². The first-order valence-electron chi connectivity index (χ1n) is 10.1. The SMILES string of the molecule is CCNC(=NCCCCSC)NCCC(=O)N1CCN(c2ncccn2)CC1.I. The molecule has 1 amide bonds. The molecule has 0 aliphatic carbocycles. The van der Waals surface area contributed by atoms with Crippen LogP contribution < -0.4 is 15.5 Å². The maximum absolute atomic E-state index is 12.5. The molecule has 1 aliphatic heterocycles. The van der Waals surface area contributed by atoms with Crippen LogP contribution in [0.3, 0.4) is 0 Å². The summed E-state index contributed by atoms with van der Waals surface area (Å²) in [6.45, 7) is 7.22. The van der Waals surface area contributed by atoms with Crippen LogP contribution >= 0.6 is 35.7 Å². The van der Waals surface area contributed by atoms with Gasteiger partial charge in [0.1, 0.15) is 0 Å². The van der Waals surface area contributed by atoms with E-state index in [0.29, 0.717) is 26.1 Å². The lowest BCUT2D eigenvalue weighted by Gasteiger charge is -2.34. The van der Waals surface area contributed by atoms with Gasteiger partial charge < -0.3 is 20.4 Å². The Morgan fingerprint density at radius 2 is 1.90 bits per heavy atom. The Labute approximate surface area is 195 Å². The van der Waals surface area contributed by atoms with E-state index in [4.69, 9.17) is 0 Å². The largest absolute Gasteiger partial charge is 0.357 e. The Morgan fingerprint density at radius 3 is 2.55 bits per heavy atom. The lowest BCUT2D eigenvalue weighted by molar-refractivity contribution is -0.131. The number of halogens is 1. The lowest BCUT2D eigenvalue weighted by atomic mass is 10.3. The molecule has 0 spiro atoms. The van der Waals surface area contributed by atoms with Gasteiger partial charge in [-0.1, -0.05) is 0 Å². The number of nitrogens with one attached hydrogen (secondary N) is 2. The Balaban J connectivity index is 0.00000420. The third kappa shape index (κ3) is 9.83. The van der Waals surface area contributed by atoms with E-state index in [2.05, 4.69) is 36.7 Å². The number of aromatic nitrogens is 2. The molecule has 10 heteroatoms. The van der Waals surface area contributed by atoms with Crippen LogP contribution in [0.15, 0.2) is 23.5 Å². The van der Waals surface area contributed by atoms with Gasteiger partial charge in [0.25, 0.3) is 0 Å². The molecule has 1 aliphatic rings. The summed E-state index contributed by atoms with van der Waals surface area (Å²) in [5, 5.41) is 6.51. The molecular formula is C19H34IN7OS. The minimum absolute atomic E-state index is 0. The molecule has 2 rings (SSSR count). The number of amides is 1. The first-order chi connectivity index (χ1) is 13.7. The Hall–Kier alpha value is -1.30. The van der Waals surface area contributed by atoms with E-state index >= 15 is 0 Å². The molecule has 0 unspecified atom stereocenters. The number of unbranched alkanes of at least 4 members (excludes halogenated alkanes) is 1. The molecule has 2 heterocycles. The minimum atomic E-state index is 0. The molecule has 29 heavy (non-hydrogen) atoms. The van der Waals surface area contributed by atoms with E-state index < -0.39 is 0 Å². The average Bonchev–Trinajstić information content (AvgIpc) is 2.74. The van der Waals surface area contributed by atoms with E-state index in [0.717, 1.165) is 44.5 Å². The Kier molecular flexibility index (Phi) is 13.8. The van der Waals surface area contributed by atoms with E-state index in [1.807, 2.05) is 29.7 Å². The molecule has 1 fully saturated rings. The van der Waals surface area contributed by atoms with E-state index in [9.17, 15) is 4.79 Å². The molecule has 0 bridgehead atoms. The van der Waals surface area contributed by atoms with Gasteiger partial charge in [0.05, 0.1) is 0 Å². The molecule has 1 aromatic rings. The van der Waals surface area contributed by atoms with Crippen LogP contribution in [0.25, 0.3) is 0 Å². The van der Waals surface area contributed by atoms with Crippen LogP contribution in [0, 0.1) is 0 Å². The summed E-state index contributed by atoms with van der Waals surface area (Å²) in [4.78, 5) is 29.7. The number of rotatable bonds is 10. The van der Waals surface area contributed by atoms with Gasteiger partial charge in [-0.2, -0.15) is 11.8 Å². The number of guanidine groups is 1. The Bertz CT molecular complexity index is 597. The number of anilines is 1. The van der Waals surface area contributed by atoms with Gasteiger partial charge in [0.15, 0.2) is 5.96 Å². The van der Waals surface area contributed by atoms with Crippen molar-refractivity contribution in [1.82, 2.24) is 25.5 Å². The van der Waals surface area contributed by atoms with Crippen molar-refractivity contribution >= 4 is 53.6 Å². The summed E-state index contributed by atoms with van der Waals surface area (Å²) in [5.41, 5.74) is 0. The summed E-state index contributed by atoms with van der Waals surface area (Å²) in [6.07, 6.45) is 8.36. The highest BCUT2D eigenvalue weighted by Gasteiger charge is 2.22. The molecule has 8 nitrogen and oxygen atoms in total. The highest BCUT2D eigenvalue weighted by atomic mass is 127. The number of carbonyl (C=O) groups is 1. The molecule has 164 valence electrons. The van der Waals surface area contributed by atoms with Crippen LogP contribution in [0.1, 0.15) is 26.2 Å². The van der Waals surface area contributed by atoms with Crippen LogP contribution in [0.4, 0.5) is 5.95 Å². The number of thioether (sulfide) groups is 1. The predicted octanol–water partition coefficient (Wildman–Crippen LogP) is 1.83. The van der Waals surface area contributed by atoms with Crippen molar-refractivity contribution in [2.45, 2.75) is 26.2 Å². The maximum atomic E-state index is 12.5. The number of nitrogens with zero attached hydrogens (tertiary/aromatic N) is 5. The summed E-state index contributed by atoms with van der Waals surface area (Å²) in [6, 6.07) is 1.81. The van der Waals surface area contributed by atoms with Gasteiger partial charge in [-0.05, 0) is 37.8 Å². The highest BCUT2D eigenvalue weighted by Crippen LogP contribution is 2.10. The molecule has 0 saturated carbocycles. The zero-order chi connectivity index (χ0) is 20.0. The third-order valence-electron chi connectivity index (χ3n) is 4.47. The average molecular weight is 536 g/mol. The van der Waals surface area contributed by atoms with Crippen LogP contribution in [-0.2, 0) is 4.79 Å². The quantitative estimate of drug-likeness (QED) is 0.205. The molecule has 2 N–H and O–H groups in total. The first kappa shape index (κ1) is 25.7. The molecule has 0 atom stereocenters. The van der Waals surface area contributed by atoms with E-state index in [-0.39, 0.29) is 29.9 Å². The molecule has 1 saturated heterocycles. The predicted molar refractivity (Wildman–Crippen MR) is 132 cm³/mol. The number of carbonyl (C=O) groups excluding carboxylic acids is 1. The number of hydrogen-bond donors (Lipinski definition) is 2. The van der Waals surface area contributed by atoms with Gasteiger partial charge in [-0.25, -0.2) is 9.97 Å². The third-order valence-corrected chi connectivity index (χ3v) is 5.17. The topological polar surface area (TPSA) is 85.8 Å².